The van der Waals surface area contributed by atoms with Gasteiger partial charge in [-0.1, -0.05) is 68.7 Å². The van der Waals surface area contributed by atoms with Crippen molar-refractivity contribution < 1.29 is 8.78 Å². The van der Waals surface area contributed by atoms with Gasteiger partial charge in [0, 0.05) is 24.2 Å². The molecule has 4 aromatic rings. The first-order chi connectivity index (χ1) is 16.6. The lowest BCUT2D eigenvalue weighted by Gasteiger charge is -2.09. The molecule has 0 saturated carbocycles. The predicted molar refractivity (Wildman–Crippen MR) is 135 cm³/mol. The fourth-order valence-corrected chi connectivity index (χ4v) is 4.32. The number of nitrogens with zero attached hydrogens (tertiary/aromatic N) is 2. The zero-order valence-corrected chi connectivity index (χ0v) is 19.9. The molecule has 0 aliphatic heterocycles. The number of halogens is 2. The van der Waals surface area contributed by atoms with Crippen LogP contribution in [0, 0.1) is 11.6 Å². The summed E-state index contributed by atoms with van der Waals surface area (Å²) in [6.07, 6.45) is 12.8. The average Bonchev–Trinajstić information content (AvgIpc) is 2.87. The molecule has 1 aromatic heterocycles. The number of aryl methyl sites for hydroxylation is 5. The van der Waals surface area contributed by atoms with Crippen LogP contribution in [0.3, 0.4) is 0 Å². The maximum absolute atomic E-state index is 15.1. The molecule has 34 heavy (non-hydrogen) atoms. The molecule has 0 aliphatic rings. The van der Waals surface area contributed by atoms with E-state index in [0.717, 1.165) is 41.6 Å². The summed E-state index contributed by atoms with van der Waals surface area (Å²) < 4.78 is 28.2. The Labute approximate surface area is 201 Å². The number of unbranched alkanes of at least 4 members (excludes halogenated alkanes) is 3. The molecule has 176 valence electrons. The smallest absolute Gasteiger partial charge is 0.134 e. The minimum Gasteiger partial charge on any atom is -0.241 e. The third-order valence-corrected chi connectivity index (χ3v) is 6.41. The van der Waals surface area contributed by atoms with E-state index in [1.54, 1.807) is 12.1 Å². The minimum atomic E-state index is -0.252. The van der Waals surface area contributed by atoms with Crippen LogP contribution in [-0.2, 0) is 32.1 Å². The van der Waals surface area contributed by atoms with Gasteiger partial charge in [-0.25, -0.2) is 18.7 Å². The van der Waals surface area contributed by atoms with Crippen molar-refractivity contribution in [3.8, 4) is 0 Å². The van der Waals surface area contributed by atoms with E-state index < -0.39 is 0 Å². The molecule has 0 N–H and O–H groups in total. The molecule has 3 aromatic carbocycles. The quantitative estimate of drug-likeness (QED) is 0.216. The fraction of sp³-hybridized carbons (Fsp3) is 0.333. The van der Waals surface area contributed by atoms with Gasteiger partial charge in [-0.05, 0) is 71.9 Å². The zero-order chi connectivity index (χ0) is 23.8. The number of benzene rings is 3. The van der Waals surface area contributed by atoms with Crippen molar-refractivity contribution in [2.45, 2.75) is 64.7 Å². The highest BCUT2D eigenvalue weighted by atomic mass is 19.1. The summed E-state index contributed by atoms with van der Waals surface area (Å²) in [7, 11) is 0. The maximum Gasteiger partial charge on any atom is 0.134 e. The van der Waals surface area contributed by atoms with Gasteiger partial charge in [0.25, 0.3) is 0 Å². The molecule has 0 amide bonds. The normalized spacial score (nSPS) is 11.3. The minimum absolute atomic E-state index is 0.163. The first-order valence-corrected chi connectivity index (χ1v) is 12.4. The average molecular weight is 459 g/mol. The van der Waals surface area contributed by atoms with Gasteiger partial charge in [0.05, 0.1) is 0 Å². The Morgan fingerprint density at radius 3 is 2.15 bits per heavy atom. The molecule has 0 aliphatic carbocycles. The molecule has 0 bridgehead atoms. The maximum atomic E-state index is 15.1. The van der Waals surface area contributed by atoms with E-state index in [1.165, 1.54) is 43.4 Å². The number of rotatable bonds is 11. The van der Waals surface area contributed by atoms with Gasteiger partial charge in [0.15, 0.2) is 0 Å². The van der Waals surface area contributed by atoms with Gasteiger partial charge < -0.3 is 0 Å². The van der Waals surface area contributed by atoms with Crippen LogP contribution < -0.4 is 0 Å². The van der Waals surface area contributed by atoms with E-state index in [4.69, 9.17) is 0 Å². The van der Waals surface area contributed by atoms with Crippen LogP contribution in [0.5, 0.6) is 0 Å². The van der Waals surface area contributed by atoms with Crippen molar-refractivity contribution in [3.63, 3.8) is 0 Å². The van der Waals surface area contributed by atoms with Crippen molar-refractivity contribution in [3.05, 3.63) is 107 Å². The predicted octanol–water partition coefficient (Wildman–Crippen LogP) is 7.60. The van der Waals surface area contributed by atoms with Crippen LogP contribution in [0.15, 0.2) is 67.0 Å². The summed E-state index contributed by atoms with van der Waals surface area (Å²) in [6.45, 7) is 2.22. The highest BCUT2D eigenvalue weighted by molar-refractivity contribution is 5.84. The van der Waals surface area contributed by atoms with E-state index >= 15 is 4.39 Å². The van der Waals surface area contributed by atoms with Crippen LogP contribution in [0.2, 0.25) is 0 Å². The van der Waals surface area contributed by atoms with Gasteiger partial charge in [0.2, 0.25) is 0 Å². The molecular weight excluding hydrogens is 426 g/mol. The molecule has 2 nitrogen and oxygen atoms in total. The van der Waals surface area contributed by atoms with E-state index in [-0.39, 0.29) is 11.6 Å². The van der Waals surface area contributed by atoms with Gasteiger partial charge in [-0.15, -0.1) is 0 Å². The molecule has 1 heterocycles. The monoisotopic (exact) mass is 458 g/mol. The van der Waals surface area contributed by atoms with Gasteiger partial charge in [-0.2, -0.15) is 0 Å². The Kier molecular flexibility index (Phi) is 8.35. The SMILES string of the molecule is CCCCCCc1cnc(CCc2ccc3c(F)c(CCc4ccc(F)cc4)ccc3c2)nc1. The highest BCUT2D eigenvalue weighted by Gasteiger charge is 2.09. The second-order valence-corrected chi connectivity index (χ2v) is 9.04. The van der Waals surface area contributed by atoms with Gasteiger partial charge in [0.1, 0.15) is 17.5 Å². The van der Waals surface area contributed by atoms with Crippen LogP contribution in [0.4, 0.5) is 8.78 Å². The van der Waals surface area contributed by atoms with Crippen molar-refractivity contribution >= 4 is 10.8 Å². The largest absolute Gasteiger partial charge is 0.241 e. The molecular formula is C30H32F2N2. The third-order valence-electron chi connectivity index (χ3n) is 6.41. The summed E-state index contributed by atoms with van der Waals surface area (Å²) >= 11 is 0. The summed E-state index contributed by atoms with van der Waals surface area (Å²) in [5.41, 5.74) is 4.05. The number of fused-ring (bicyclic) bond motifs is 1. The van der Waals surface area contributed by atoms with E-state index in [1.807, 2.05) is 36.7 Å². The van der Waals surface area contributed by atoms with Crippen LogP contribution >= 0.6 is 0 Å². The number of aromatic nitrogens is 2. The third kappa shape index (κ3) is 6.47. The number of hydrogen-bond donors (Lipinski definition) is 0. The summed E-state index contributed by atoms with van der Waals surface area (Å²) in [4.78, 5) is 9.08. The molecule has 0 fully saturated rings. The van der Waals surface area contributed by atoms with Crippen molar-refractivity contribution in [1.82, 2.24) is 9.97 Å². The van der Waals surface area contributed by atoms with Crippen LogP contribution in [0.1, 0.15) is 60.7 Å². The molecule has 0 spiro atoms. The summed E-state index contributed by atoms with van der Waals surface area (Å²) in [5.74, 6) is 0.432. The Balaban J connectivity index is 1.35. The fourth-order valence-electron chi connectivity index (χ4n) is 4.32. The van der Waals surface area contributed by atoms with E-state index in [2.05, 4.69) is 23.0 Å². The molecule has 4 rings (SSSR count). The molecule has 0 unspecified atom stereocenters. The lowest BCUT2D eigenvalue weighted by molar-refractivity contribution is 0.619. The van der Waals surface area contributed by atoms with Crippen molar-refractivity contribution in [1.29, 1.82) is 0 Å². The van der Waals surface area contributed by atoms with Gasteiger partial charge in [-0.3, -0.25) is 0 Å². The lowest BCUT2D eigenvalue weighted by Crippen LogP contribution is -2.00. The standard InChI is InChI=1S/C30H32F2N2/c1-2-3-4-5-6-24-20-33-29(34-21-24)18-11-23-10-17-28-26(19-23)14-13-25(30(28)32)12-7-22-8-15-27(31)16-9-22/h8-10,13-17,19-21H,2-7,11-12,18H2,1H3. The summed E-state index contributed by atoms with van der Waals surface area (Å²) in [5, 5.41) is 1.55. The first kappa shape index (κ1) is 24.0. The molecule has 0 atom stereocenters. The Bertz CT molecular complexity index is 1200. The lowest BCUT2D eigenvalue weighted by atomic mass is 9.98. The second-order valence-electron chi connectivity index (χ2n) is 9.04. The van der Waals surface area contributed by atoms with Crippen molar-refractivity contribution in [2.24, 2.45) is 0 Å². The zero-order valence-electron chi connectivity index (χ0n) is 19.9. The Morgan fingerprint density at radius 2 is 1.38 bits per heavy atom. The molecule has 0 radical (unpaired) electrons. The first-order valence-electron chi connectivity index (χ1n) is 12.4. The Morgan fingerprint density at radius 1 is 0.647 bits per heavy atom. The van der Waals surface area contributed by atoms with Crippen LogP contribution in [-0.4, -0.2) is 9.97 Å². The molecule has 0 saturated heterocycles. The molecule has 4 heteroatoms. The van der Waals surface area contributed by atoms with Crippen LogP contribution in [0.25, 0.3) is 10.8 Å². The second kappa shape index (κ2) is 11.8. The topological polar surface area (TPSA) is 25.8 Å². The van der Waals surface area contributed by atoms with E-state index in [9.17, 15) is 4.39 Å². The highest BCUT2D eigenvalue weighted by Crippen LogP contribution is 2.24. The summed E-state index contributed by atoms with van der Waals surface area (Å²) in [6, 6.07) is 16.2. The number of hydrogen-bond acceptors (Lipinski definition) is 2. The van der Waals surface area contributed by atoms with Crippen molar-refractivity contribution in [2.75, 3.05) is 0 Å². The van der Waals surface area contributed by atoms with Gasteiger partial charge >= 0.3 is 0 Å². The Hall–Kier alpha value is -3.14. The van der Waals surface area contributed by atoms with E-state index in [0.29, 0.717) is 23.8 Å².